The molecule has 92 valence electrons. The molecule has 0 bridgehead atoms. The lowest BCUT2D eigenvalue weighted by Crippen LogP contribution is -2.18. The Balaban J connectivity index is 2.84. The van der Waals surface area contributed by atoms with Crippen molar-refractivity contribution >= 4 is 0 Å². The fourth-order valence-electron chi connectivity index (χ4n) is 1.87. The summed E-state index contributed by atoms with van der Waals surface area (Å²) < 4.78 is 0. The van der Waals surface area contributed by atoms with Gasteiger partial charge >= 0.3 is 0 Å². The largest absolute Gasteiger partial charge is 0.508 e. The highest BCUT2D eigenvalue weighted by Crippen LogP contribution is 2.31. The average Bonchev–Trinajstić information content (AvgIpc) is 2.29. The molecule has 1 N–H and O–H groups in total. The van der Waals surface area contributed by atoms with Crippen LogP contribution in [0.2, 0.25) is 0 Å². The summed E-state index contributed by atoms with van der Waals surface area (Å²) in [5.74, 6) is 0.310. The van der Waals surface area contributed by atoms with Gasteiger partial charge in [0.2, 0.25) is 0 Å². The van der Waals surface area contributed by atoms with Crippen molar-refractivity contribution in [2.24, 2.45) is 0 Å². The van der Waals surface area contributed by atoms with Gasteiger partial charge in [0.25, 0.3) is 0 Å². The van der Waals surface area contributed by atoms with Crippen molar-refractivity contribution in [2.75, 3.05) is 0 Å². The van der Waals surface area contributed by atoms with Gasteiger partial charge in [-0.3, -0.25) is 0 Å². The standard InChI is InChI=1S/C16H22O/c1-5-16(4,12-6-7-13(2)3)14-8-10-15(17)11-9-14/h5,7-11,17H,1,6,12H2,2-4H3/t16-/m1/s1. The molecule has 0 aliphatic carbocycles. The van der Waals surface area contributed by atoms with Crippen molar-refractivity contribution in [1.82, 2.24) is 0 Å². The van der Waals surface area contributed by atoms with Crippen LogP contribution in [0.5, 0.6) is 5.75 Å². The number of benzene rings is 1. The minimum Gasteiger partial charge on any atom is -0.508 e. The maximum atomic E-state index is 9.31. The van der Waals surface area contributed by atoms with Gasteiger partial charge in [-0.25, -0.2) is 0 Å². The van der Waals surface area contributed by atoms with Crippen LogP contribution in [0.1, 0.15) is 39.2 Å². The predicted octanol–water partition coefficient (Wildman–Crippen LogP) is 4.58. The molecule has 0 saturated carbocycles. The molecule has 0 spiro atoms. The topological polar surface area (TPSA) is 20.2 Å². The van der Waals surface area contributed by atoms with Gasteiger partial charge in [0, 0.05) is 5.41 Å². The minimum absolute atomic E-state index is 0.0281. The molecular formula is C16H22O. The quantitative estimate of drug-likeness (QED) is 0.734. The third-order valence-electron chi connectivity index (χ3n) is 3.19. The van der Waals surface area contributed by atoms with E-state index in [1.165, 1.54) is 11.1 Å². The lowest BCUT2D eigenvalue weighted by Gasteiger charge is -2.26. The van der Waals surface area contributed by atoms with E-state index < -0.39 is 0 Å². The van der Waals surface area contributed by atoms with E-state index in [9.17, 15) is 5.11 Å². The highest BCUT2D eigenvalue weighted by Gasteiger charge is 2.21. The first-order chi connectivity index (χ1) is 7.98. The Morgan fingerprint density at radius 2 is 1.88 bits per heavy atom. The first-order valence-electron chi connectivity index (χ1n) is 6.04. The van der Waals surface area contributed by atoms with Crippen molar-refractivity contribution in [1.29, 1.82) is 0 Å². The fourth-order valence-corrected chi connectivity index (χ4v) is 1.87. The van der Waals surface area contributed by atoms with E-state index in [1.807, 2.05) is 18.2 Å². The maximum absolute atomic E-state index is 9.31. The molecule has 0 unspecified atom stereocenters. The molecule has 0 fully saturated rings. The summed E-state index contributed by atoms with van der Waals surface area (Å²) in [6, 6.07) is 7.41. The zero-order valence-electron chi connectivity index (χ0n) is 11.0. The molecule has 17 heavy (non-hydrogen) atoms. The van der Waals surface area contributed by atoms with Crippen molar-refractivity contribution in [3.8, 4) is 5.75 Å². The lowest BCUT2D eigenvalue weighted by atomic mass is 9.78. The highest BCUT2D eigenvalue weighted by atomic mass is 16.3. The number of allylic oxidation sites excluding steroid dienone is 3. The SMILES string of the molecule is C=C[C@](C)(CCC=C(C)C)c1ccc(O)cc1. The third kappa shape index (κ3) is 3.77. The zero-order valence-corrected chi connectivity index (χ0v) is 11.0. The van der Waals surface area contributed by atoms with Crippen LogP contribution in [0.3, 0.4) is 0 Å². The minimum atomic E-state index is -0.0281. The second-order valence-electron chi connectivity index (χ2n) is 4.99. The van der Waals surface area contributed by atoms with E-state index in [2.05, 4.69) is 33.4 Å². The van der Waals surface area contributed by atoms with Gasteiger partial charge in [0.05, 0.1) is 0 Å². The summed E-state index contributed by atoms with van der Waals surface area (Å²) in [6.07, 6.45) is 6.33. The average molecular weight is 230 g/mol. The van der Waals surface area contributed by atoms with Crippen molar-refractivity contribution in [3.05, 3.63) is 54.1 Å². The van der Waals surface area contributed by atoms with E-state index in [0.29, 0.717) is 5.75 Å². The second kappa shape index (κ2) is 5.72. The molecule has 1 rings (SSSR count). The normalized spacial score (nSPS) is 13.8. The van der Waals surface area contributed by atoms with E-state index in [0.717, 1.165) is 12.8 Å². The Hall–Kier alpha value is -1.50. The second-order valence-corrected chi connectivity index (χ2v) is 4.99. The van der Waals surface area contributed by atoms with Crippen molar-refractivity contribution < 1.29 is 5.11 Å². The highest BCUT2D eigenvalue weighted by molar-refractivity contribution is 5.34. The molecule has 1 aromatic rings. The Morgan fingerprint density at radius 3 is 2.35 bits per heavy atom. The molecular weight excluding hydrogens is 208 g/mol. The summed E-state index contributed by atoms with van der Waals surface area (Å²) in [4.78, 5) is 0. The number of hydrogen-bond acceptors (Lipinski definition) is 1. The molecule has 1 heteroatoms. The van der Waals surface area contributed by atoms with Crippen LogP contribution in [-0.4, -0.2) is 5.11 Å². The predicted molar refractivity (Wildman–Crippen MR) is 74.3 cm³/mol. The molecule has 1 aromatic carbocycles. The first kappa shape index (κ1) is 13.6. The Labute approximate surface area is 104 Å². The molecule has 0 aliphatic heterocycles. The molecule has 1 nitrogen and oxygen atoms in total. The Bertz CT molecular complexity index is 396. The van der Waals surface area contributed by atoms with Gasteiger partial charge < -0.3 is 5.11 Å². The maximum Gasteiger partial charge on any atom is 0.115 e. The van der Waals surface area contributed by atoms with Gasteiger partial charge in [0.15, 0.2) is 0 Å². The molecule has 1 atom stereocenters. The van der Waals surface area contributed by atoms with Gasteiger partial charge in [-0.2, -0.15) is 0 Å². The first-order valence-corrected chi connectivity index (χ1v) is 6.04. The molecule has 0 aliphatic rings. The molecule has 0 amide bonds. The number of aromatic hydroxyl groups is 1. The smallest absolute Gasteiger partial charge is 0.115 e. The summed E-state index contributed by atoms with van der Waals surface area (Å²) in [6.45, 7) is 10.4. The molecule has 0 radical (unpaired) electrons. The summed E-state index contributed by atoms with van der Waals surface area (Å²) in [5, 5.41) is 9.31. The number of hydrogen-bond donors (Lipinski definition) is 1. The molecule has 0 saturated heterocycles. The van der Waals surface area contributed by atoms with E-state index in [4.69, 9.17) is 0 Å². The van der Waals surface area contributed by atoms with Crippen LogP contribution in [-0.2, 0) is 5.41 Å². The third-order valence-corrected chi connectivity index (χ3v) is 3.19. The monoisotopic (exact) mass is 230 g/mol. The molecule has 0 heterocycles. The number of phenols is 1. The van der Waals surface area contributed by atoms with E-state index in [1.54, 1.807) is 12.1 Å². The summed E-state index contributed by atoms with van der Waals surface area (Å²) in [5.41, 5.74) is 2.52. The van der Waals surface area contributed by atoms with Crippen LogP contribution in [0.4, 0.5) is 0 Å². The van der Waals surface area contributed by atoms with Gasteiger partial charge in [-0.05, 0) is 44.4 Å². The van der Waals surface area contributed by atoms with E-state index in [-0.39, 0.29) is 5.41 Å². The number of phenolic OH excluding ortho intramolecular Hbond substituents is 1. The van der Waals surface area contributed by atoms with Crippen molar-refractivity contribution in [3.63, 3.8) is 0 Å². The van der Waals surface area contributed by atoms with Crippen LogP contribution in [0.25, 0.3) is 0 Å². The summed E-state index contributed by atoms with van der Waals surface area (Å²) in [7, 11) is 0. The van der Waals surface area contributed by atoms with Crippen LogP contribution in [0.15, 0.2) is 48.6 Å². The Kier molecular flexibility index (Phi) is 4.56. The molecule has 0 aromatic heterocycles. The number of rotatable bonds is 5. The zero-order chi connectivity index (χ0) is 12.9. The Morgan fingerprint density at radius 1 is 1.29 bits per heavy atom. The van der Waals surface area contributed by atoms with Crippen LogP contribution >= 0.6 is 0 Å². The van der Waals surface area contributed by atoms with Crippen LogP contribution in [0, 0.1) is 0 Å². The van der Waals surface area contributed by atoms with Gasteiger partial charge in [0.1, 0.15) is 5.75 Å². The van der Waals surface area contributed by atoms with Gasteiger partial charge in [-0.1, -0.05) is 36.8 Å². The fraction of sp³-hybridized carbons (Fsp3) is 0.375. The summed E-state index contributed by atoms with van der Waals surface area (Å²) >= 11 is 0. The van der Waals surface area contributed by atoms with E-state index >= 15 is 0 Å². The lowest BCUT2D eigenvalue weighted by molar-refractivity contribution is 0.473. The van der Waals surface area contributed by atoms with Gasteiger partial charge in [-0.15, -0.1) is 6.58 Å². The van der Waals surface area contributed by atoms with Crippen LogP contribution < -0.4 is 0 Å². The van der Waals surface area contributed by atoms with Crippen molar-refractivity contribution in [2.45, 2.75) is 39.0 Å².